The first kappa shape index (κ1) is 22.5. The van der Waals surface area contributed by atoms with Crippen molar-refractivity contribution in [2.75, 3.05) is 17.7 Å². The van der Waals surface area contributed by atoms with Crippen LogP contribution in [0.15, 0.2) is 41.6 Å². The molecule has 1 fully saturated rings. The van der Waals surface area contributed by atoms with Gasteiger partial charge in [-0.1, -0.05) is 55.9 Å². The Balaban J connectivity index is 1.49. The lowest BCUT2D eigenvalue weighted by Crippen LogP contribution is -2.16. The van der Waals surface area contributed by atoms with Crippen molar-refractivity contribution >= 4 is 40.7 Å². The van der Waals surface area contributed by atoms with Gasteiger partial charge >= 0.3 is 5.97 Å². The predicted octanol–water partition coefficient (Wildman–Crippen LogP) is 5.37. The number of hydrogen-bond donors (Lipinski definition) is 1. The molecular formula is C23H26N4O3S2. The third kappa shape index (κ3) is 5.05. The second kappa shape index (κ2) is 9.87. The SMILES string of the molecule is CCOC(=O)c1sc(-c2ccccc2)cc1NC(=O)CSc1nnc(C(C)C)n1C1CC1. The van der Waals surface area contributed by atoms with E-state index in [9.17, 15) is 9.59 Å². The molecule has 1 amide bonds. The molecule has 1 saturated carbocycles. The number of thioether (sulfide) groups is 1. The van der Waals surface area contributed by atoms with E-state index < -0.39 is 5.97 Å². The molecule has 0 unspecified atom stereocenters. The average molecular weight is 471 g/mol. The smallest absolute Gasteiger partial charge is 0.350 e. The van der Waals surface area contributed by atoms with Gasteiger partial charge in [0.2, 0.25) is 5.91 Å². The minimum absolute atomic E-state index is 0.182. The normalized spacial score (nSPS) is 13.4. The largest absolute Gasteiger partial charge is 0.462 e. The molecule has 1 aromatic carbocycles. The number of aromatic nitrogens is 3. The van der Waals surface area contributed by atoms with E-state index in [1.165, 1.54) is 23.1 Å². The molecule has 168 valence electrons. The zero-order valence-electron chi connectivity index (χ0n) is 18.3. The lowest BCUT2D eigenvalue weighted by molar-refractivity contribution is -0.113. The molecule has 0 atom stereocenters. The lowest BCUT2D eigenvalue weighted by atomic mass is 10.2. The van der Waals surface area contributed by atoms with Crippen molar-refractivity contribution in [2.24, 2.45) is 0 Å². The molecule has 4 rings (SSSR count). The summed E-state index contributed by atoms with van der Waals surface area (Å²) < 4.78 is 7.37. The highest BCUT2D eigenvalue weighted by molar-refractivity contribution is 7.99. The van der Waals surface area contributed by atoms with Crippen molar-refractivity contribution in [3.8, 4) is 10.4 Å². The molecule has 7 nitrogen and oxygen atoms in total. The molecule has 1 aliphatic carbocycles. The quantitative estimate of drug-likeness (QED) is 0.334. The molecule has 1 N–H and O–H groups in total. The van der Waals surface area contributed by atoms with Crippen molar-refractivity contribution in [2.45, 2.75) is 50.7 Å². The van der Waals surface area contributed by atoms with Crippen molar-refractivity contribution in [3.05, 3.63) is 47.1 Å². The van der Waals surface area contributed by atoms with Crippen LogP contribution < -0.4 is 5.32 Å². The molecular weight excluding hydrogens is 444 g/mol. The fraction of sp³-hybridized carbons (Fsp3) is 0.391. The number of anilines is 1. The Labute approximate surface area is 195 Å². The van der Waals surface area contributed by atoms with Crippen LogP contribution in [0.1, 0.15) is 61.1 Å². The Bertz CT molecular complexity index is 1100. The Kier molecular flexibility index (Phi) is 6.95. The van der Waals surface area contributed by atoms with Gasteiger partial charge in [-0.3, -0.25) is 4.79 Å². The number of benzene rings is 1. The van der Waals surface area contributed by atoms with E-state index in [0.29, 0.717) is 16.6 Å². The number of carbonyl (C=O) groups excluding carboxylic acids is 2. The van der Waals surface area contributed by atoms with Gasteiger partial charge in [0.25, 0.3) is 0 Å². The first-order valence-electron chi connectivity index (χ1n) is 10.7. The number of ether oxygens (including phenoxy) is 1. The van der Waals surface area contributed by atoms with Crippen LogP contribution in [0.4, 0.5) is 5.69 Å². The van der Waals surface area contributed by atoms with Crippen LogP contribution in [0.25, 0.3) is 10.4 Å². The lowest BCUT2D eigenvalue weighted by Gasteiger charge is -2.10. The monoisotopic (exact) mass is 470 g/mol. The maximum Gasteiger partial charge on any atom is 0.350 e. The summed E-state index contributed by atoms with van der Waals surface area (Å²) in [4.78, 5) is 26.5. The Hall–Kier alpha value is -2.65. The maximum absolute atomic E-state index is 12.8. The van der Waals surface area contributed by atoms with E-state index in [1.54, 1.807) is 6.92 Å². The van der Waals surface area contributed by atoms with Gasteiger partial charge in [-0.15, -0.1) is 21.5 Å². The van der Waals surface area contributed by atoms with Gasteiger partial charge in [-0.05, 0) is 31.4 Å². The van der Waals surface area contributed by atoms with Crippen molar-refractivity contribution in [1.29, 1.82) is 0 Å². The van der Waals surface area contributed by atoms with Crippen LogP contribution in [0, 0.1) is 0 Å². The first-order chi connectivity index (χ1) is 15.5. The van der Waals surface area contributed by atoms with Gasteiger partial charge in [-0.25, -0.2) is 4.79 Å². The Morgan fingerprint density at radius 2 is 2.00 bits per heavy atom. The van der Waals surface area contributed by atoms with Crippen LogP contribution in [-0.2, 0) is 9.53 Å². The maximum atomic E-state index is 12.8. The Morgan fingerprint density at radius 1 is 1.25 bits per heavy atom. The zero-order valence-corrected chi connectivity index (χ0v) is 20.0. The number of carbonyl (C=O) groups is 2. The van der Waals surface area contributed by atoms with E-state index in [0.717, 1.165) is 34.3 Å². The average Bonchev–Trinajstić information content (AvgIpc) is 3.38. The summed E-state index contributed by atoms with van der Waals surface area (Å²) in [7, 11) is 0. The van der Waals surface area contributed by atoms with Crippen molar-refractivity contribution in [1.82, 2.24) is 14.8 Å². The highest BCUT2D eigenvalue weighted by atomic mass is 32.2. The summed E-state index contributed by atoms with van der Waals surface area (Å²) in [6, 6.07) is 12.0. The molecule has 2 aromatic heterocycles. The summed E-state index contributed by atoms with van der Waals surface area (Å²) in [6.07, 6.45) is 2.25. The number of nitrogens with zero attached hydrogens (tertiary/aromatic N) is 3. The first-order valence-corrected chi connectivity index (χ1v) is 12.5. The minimum atomic E-state index is -0.433. The molecule has 0 spiro atoms. The molecule has 0 saturated heterocycles. The van der Waals surface area contributed by atoms with E-state index in [4.69, 9.17) is 4.74 Å². The van der Waals surface area contributed by atoms with Crippen LogP contribution in [-0.4, -0.2) is 39.0 Å². The molecule has 0 radical (unpaired) electrons. The summed E-state index contributed by atoms with van der Waals surface area (Å²) in [6.45, 7) is 6.24. The van der Waals surface area contributed by atoms with Gasteiger partial charge in [-0.2, -0.15) is 0 Å². The summed E-state index contributed by atoms with van der Waals surface area (Å²) in [5.41, 5.74) is 1.46. The second-order valence-corrected chi connectivity index (χ2v) is 9.87. The third-order valence-electron chi connectivity index (χ3n) is 4.98. The van der Waals surface area contributed by atoms with Crippen molar-refractivity contribution in [3.63, 3.8) is 0 Å². The molecule has 0 bridgehead atoms. The molecule has 32 heavy (non-hydrogen) atoms. The fourth-order valence-electron chi connectivity index (χ4n) is 3.35. The van der Waals surface area contributed by atoms with Crippen LogP contribution in [0.3, 0.4) is 0 Å². The third-order valence-corrected chi connectivity index (χ3v) is 7.08. The molecule has 1 aliphatic rings. The second-order valence-electron chi connectivity index (χ2n) is 7.87. The van der Waals surface area contributed by atoms with E-state index in [1.807, 2.05) is 36.4 Å². The molecule has 0 aliphatic heterocycles. The van der Waals surface area contributed by atoms with Gasteiger partial charge < -0.3 is 14.6 Å². The number of hydrogen-bond acceptors (Lipinski definition) is 7. The van der Waals surface area contributed by atoms with E-state index in [2.05, 4.69) is 33.9 Å². The van der Waals surface area contributed by atoms with E-state index >= 15 is 0 Å². The van der Waals surface area contributed by atoms with Crippen molar-refractivity contribution < 1.29 is 14.3 Å². The molecule has 9 heteroatoms. The summed E-state index contributed by atoms with van der Waals surface area (Å²) in [5, 5.41) is 12.3. The standard InChI is InChI=1S/C23H26N4O3S2/c1-4-30-22(29)20-17(12-18(32-20)15-8-6-5-7-9-15)24-19(28)13-31-23-26-25-21(14(2)3)27(23)16-10-11-16/h5-9,12,14,16H,4,10-11,13H2,1-3H3,(H,24,28). The van der Waals surface area contributed by atoms with Crippen LogP contribution >= 0.6 is 23.1 Å². The van der Waals surface area contributed by atoms with Gasteiger partial charge in [0.05, 0.1) is 18.0 Å². The number of esters is 1. The van der Waals surface area contributed by atoms with Crippen LogP contribution in [0.2, 0.25) is 0 Å². The van der Waals surface area contributed by atoms with Gasteiger partial charge in [0.1, 0.15) is 10.7 Å². The molecule has 2 heterocycles. The summed E-state index contributed by atoms with van der Waals surface area (Å²) in [5.74, 6) is 0.792. The highest BCUT2D eigenvalue weighted by Gasteiger charge is 2.30. The predicted molar refractivity (Wildman–Crippen MR) is 127 cm³/mol. The number of amides is 1. The van der Waals surface area contributed by atoms with Crippen LogP contribution in [0.5, 0.6) is 0 Å². The number of nitrogens with one attached hydrogen (secondary N) is 1. The van der Waals surface area contributed by atoms with Gasteiger partial charge in [0.15, 0.2) is 5.16 Å². The Morgan fingerprint density at radius 3 is 2.66 bits per heavy atom. The van der Waals surface area contributed by atoms with Gasteiger partial charge in [0, 0.05) is 16.8 Å². The summed E-state index contributed by atoms with van der Waals surface area (Å²) >= 11 is 2.69. The zero-order chi connectivity index (χ0) is 22.7. The topological polar surface area (TPSA) is 86.1 Å². The number of thiophene rings is 1. The van der Waals surface area contributed by atoms with E-state index in [-0.39, 0.29) is 24.2 Å². The minimum Gasteiger partial charge on any atom is -0.462 e. The molecule has 3 aromatic rings. The highest BCUT2D eigenvalue weighted by Crippen LogP contribution is 2.40. The fourth-order valence-corrected chi connectivity index (χ4v) is 5.18. The number of rotatable bonds is 9.